The van der Waals surface area contributed by atoms with Crippen LogP contribution in [0, 0.1) is 12.7 Å². The minimum atomic E-state index is -2.90. The summed E-state index contributed by atoms with van der Waals surface area (Å²) in [6.07, 6.45) is 0.499. The molecule has 0 saturated carbocycles. The van der Waals surface area contributed by atoms with E-state index in [1.807, 2.05) is 0 Å². The lowest BCUT2D eigenvalue weighted by Gasteiger charge is -2.07. The first-order valence-corrected chi connectivity index (χ1v) is 8.79. The zero-order valence-corrected chi connectivity index (χ0v) is 15.0. The van der Waals surface area contributed by atoms with E-state index in [0.717, 1.165) is 10.6 Å². The normalized spacial score (nSPS) is 10.9. The molecule has 3 aromatic rings. The van der Waals surface area contributed by atoms with Gasteiger partial charge in [-0.3, -0.25) is 4.79 Å². The highest BCUT2D eigenvalue weighted by Crippen LogP contribution is 2.23. The fraction of sp³-hybridized carbons (Fsp3) is 0.158. The molecular weight excluding hydrogens is 377 g/mol. The van der Waals surface area contributed by atoms with Crippen LogP contribution in [0.3, 0.4) is 0 Å². The molecule has 8 heteroatoms. The SMILES string of the molecule is Cc1nc(Cc2ccc(F)cc2)sc1C(=O)Nc1ccc(OC(F)F)cc1. The lowest BCUT2D eigenvalue weighted by atomic mass is 10.1. The summed E-state index contributed by atoms with van der Waals surface area (Å²) in [5, 5.41) is 3.44. The molecule has 1 aromatic heterocycles. The predicted molar refractivity (Wildman–Crippen MR) is 97.1 cm³/mol. The van der Waals surface area contributed by atoms with Crippen LogP contribution in [0.15, 0.2) is 48.5 Å². The average Bonchev–Trinajstić information content (AvgIpc) is 2.98. The number of thiazole rings is 1. The number of carbonyl (C=O) groups is 1. The number of alkyl halides is 2. The van der Waals surface area contributed by atoms with E-state index in [9.17, 15) is 18.0 Å². The van der Waals surface area contributed by atoms with Gasteiger partial charge in [0.25, 0.3) is 5.91 Å². The Labute approximate surface area is 157 Å². The molecular formula is C19H15F3N2O2S. The van der Waals surface area contributed by atoms with Gasteiger partial charge in [-0.2, -0.15) is 8.78 Å². The smallest absolute Gasteiger partial charge is 0.387 e. The molecule has 3 rings (SSSR count). The van der Waals surface area contributed by atoms with E-state index >= 15 is 0 Å². The number of carbonyl (C=O) groups excluding carboxylic acids is 1. The Hall–Kier alpha value is -2.87. The van der Waals surface area contributed by atoms with Crippen molar-refractivity contribution in [2.75, 3.05) is 5.32 Å². The summed E-state index contributed by atoms with van der Waals surface area (Å²) in [7, 11) is 0. The van der Waals surface area contributed by atoms with Gasteiger partial charge in [0.05, 0.1) is 10.7 Å². The number of anilines is 1. The van der Waals surface area contributed by atoms with Crippen LogP contribution < -0.4 is 10.1 Å². The monoisotopic (exact) mass is 392 g/mol. The molecule has 1 heterocycles. The van der Waals surface area contributed by atoms with E-state index in [2.05, 4.69) is 15.0 Å². The second kappa shape index (κ2) is 8.22. The Morgan fingerprint density at radius 1 is 1.15 bits per heavy atom. The van der Waals surface area contributed by atoms with Gasteiger partial charge < -0.3 is 10.1 Å². The van der Waals surface area contributed by atoms with Crippen LogP contribution >= 0.6 is 11.3 Å². The van der Waals surface area contributed by atoms with Crippen molar-refractivity contribution in [3.63, 3.8) is 0 Å². The van der Waals surface area contributed by atoms with E-state index in [-0.39, 0.29) is 17.5 Å². The van der Waals surface area contributed by atoms with Gasteiger partial charge >= 0.3 is 6.61 Å². The number of hydrogen-bond donors (Lipinski definition) is 1. The molecule has 0 spiro atoms. The van der Waals surface area contributed by atoms with Crippen LogP contribution in [0.4, 0.5) is 18.9 Å². The fourth-order valence-corrected chi connectivity index (χ4v) is 3.42. The lowest BCUT2D eigenvalue weighted by molar-refractivity contribution is -0.0498. The third kappa shape index (κ3) is 5.07. The molecule has 0 bridgehead atoms. The summed E-state index contributed by atoms with van der Waals surface area (Å²) in [6, 6.07) is 11.8. The Bertz CT molecular complexity index is 925. The van der Waals surface area contributed by atoms with Crippen molar-refractivity contribution in [2.24, 2.45) is 0 Å². The summed E-state index contributed by atoms with van der Waals surface area (Å²) in [4.78, 5) is 17.3. The Morgan fingerprint density at radius 3 is 2.44 bits per heavy atom. The van der Waals surface area contributed by atoms with Crippen LogP contribution in [0.25, 0.3) is 0 Å². The summed E-state index contributed by atoms with van der Waals surface area (Å²) in [6.45, 7) is -1.16. The van der Waals surface area contributed by atoms with Gasteiger partial charge in [0, 0.05) is 12.1 Å². The van der Waals surface area contributed by atoms with Gasteiger partial charge in [0.2, 0.25) is 0 Å². The molecule has 4 nitrogen and oxygen atoms in total. The van der Waals surface area contributed by atoms with Gasteiger partial charge in [-0.25, -0.2) is 9.37 Å². The number of rotatable bonds is 6. The van der Waals surface area contributed by atoms with Crippen molar-refractivity contribution in [2.45, 2.75) is 20.0 Å². The van der Waals surface area contributed by atoms with Crippen molar-refractivity contribution < 1.29 is 22.7 Å². The molecule has 1 amide bonds. The second-order valence-corrected chi connectivity index (χ2v) is 6.77. The zero-order chi connectivity index (χ0) is 19.4. The van der Waals surface area contributed by atoms with Crippen molar-refractivity contribution in [3.8, 4) is 5.75 Å². The summed E-state index contributed by atoms with van der Waals surface area (Å²) in [5.41, 5.74) is 1.94. The number of aromatic nitrogens is 1. The minimum Gasteiger partial charge on any atom is -0.435 e. The maximum absolute atomic E-state index is 13.0. The quantitative estimate of drug-likeness (QED) is 0.640. The first-order chi connectivity index (χ1) is 12.9. The van der Waals surface area contributed by atoms with E-state index in [4.69, 9.17) is 0 Å². The topological polar surface area (TPSA) is 51.2 Å². The van der Waals surface area contributed by atoms with Crippen LogP contribution in [0.2, 0.25) is 0 Å². The molecule has 0 aliphatic rings. The minimum absolute atomic E-state index is 0.0125. The van der Waals surface area contributed by atoms with E-state index < -0.39 is 6.61 Å². The molecule has 0 unspecified atom stereocenters. The predicted octanol–water partition coefficient (Wildman–Crippen LogP) is 5.04. The molecule has 27 heavy (non-hydrogen) atoms. The van der Waals surface area contributed by atoms with Crippen LogP contribution in [0.5, 0.6) is 5.75 Å². The summed E-state index contributed by atoms with van der Waals surface area (Å²) in [5.74, 6) is -0.629. The van der Waals surface area contributed by atoms with E-state index in [0.29, 0.717) is 22.7 Å². The molecule has 0 atom stereocenters. The van der Waals surface area contributed by atoms with Gasteiger partial charge in [0.1, 0.15) is 16.4 Å². The Kier molecular flexibility index (Phi) is 5.75. The third-order valence-corrected chi connectivity index (χ3v) is 4.81. The fourth-order valence-electron chi connectivity index (χ4n) is 2.42. The van der Waals surface area contributed by atoms with E-state index in [1.165, 1.54) is 47.7 Å². The Balaban J connectivity index is 1.68. The van der Waals surface area contributed by atoms with Crippen LogP contribution in [-0.2, 0) is 6.42 Å². The standard InChI is InChI=1S/C19H15F3N2O2S/c1-11-17(27-16(23-11)10-12-2-4-13(20)5-3-12)18(25)24-14-6-8-15(9-7-14)26-19(21)22/h2-9,19H,10H2,1H3,(H,24,25). The maximum Gasteiger partial charge on any atom is 0.387 e. The maximum atomic E-state index is 13.0. The molecule has 2 aromatic carbocycles. The van der Waals surface area contributed by atoms with Crippen LogP contribution in [0.1, 0.15) is 25.9 Å². The number of amides is 1. The number of aryl methyl sites for hydroxylation is 1. The van der Waals surface area contributed by atoms with E-state index in [1.54, 1.807) is 19.1 Å². The molecule has 0 radical (unpaired) electrons. The molecule has 140 valence electrons. The third-order valence-electron chi connectivity index (χ3n) is 3.65. The highest BCUT2D eigenvalue weighted by atomic mass is 32.1. The first kappa shape index (κ1) is 18.9. The number of nitrogens with one attached hydrogen (secondary N) is 1. The molecule has 0 aliphatic heterocycles. The number of ether oxygens (including phenoxy) is 1. The molecule has 1 N–H and O–H groups in total. The van der Waals surface area contributed by atoms with Gasteiger partial charge in [-0.05, 0) is 48.9 Å². The summed E-state index contributed by atoms with van der Waals surface area (Å²) < 4.78 is 41.6. The second-order valence-electron chi connectivity index (χ2n) is 5.68. The lowest BCUT2D eigenvalue weighted by Crippen LogP contribution is -2.11. The van der Waals surface area contributed by atoms with Crippen molar-refractivity contribution in [1.82, 2.24) is 4.98 Å². The number of halogens is 3. The highest BCUT2D eigenvalue weighted by molar-refractivity contribution is 7.14. The van der Waals surface area contributed by atoms with Gasteiger partial charge in [0.15, 0.2) is 0 Å². The molecule has 0 aliphatic carbocycles. The Morgan fingerprint density at radius 2 is 1.81 bits per heavy atom. The van der Waals surface area contributed by atoms with Gasteiger partial charge in [-0.15, -0.1) is 11.3 Å². The van der Waals surface area contributed by atoms with Crippen molar-refractivity contribution in [1.29, 1.82) is 0 Å². The number of nitrogens with zero attached hydrogens (tertiary/aromatic N) is 1. The number of benzene rings is 2. The van der Waals surface area contributed by atoms with Crippen molar-refractivity contribution in [3.05, 3.63) is 75.5 Å². The van der Waals surface area contributed by atoms with Gasteiger partial charge in [-0.1, -0.05) is 12.1 Å². The largest absolute Gasteiger partial charge is 0.435 e. The molecule has 0 fully saturated rings. The summed E-state index contributed by atoms with van der Waals surface area (Å²) >= 11 is 1.26. The highest BCUT2D eigenvalue weighted by Gasteiger charge is 2.16. The van der Waals surface area contributed by atoms with Crippen LogP contribution in [-0.4, -0.2) is 17.5 Å². The van der Waals surface area contributed by atoms with Crippen molar-refractivity contribution >= 4 is 22.9 Å². The molecule has 0 saturated heterocycles. The number of hydrogen-bond acceptors (Lipinski definition) is 4. The average molecular weight is 392 g/mol. The zero-order valence-electron chi connectivity index (χ0n) is 14.2. The first-order valence-electron chi connectivity index (χ1n) is 7.97.